The first kappa shape index (κ1) is 29.8. The lowest BCUT2D eigenvalue weighted by Gasteiger charge is -2.27. The number of fused-ring (bicyclic) bond motifs is 7. The zero-order chi connectivity index (χ0) is 26.8. The van der Waals surface area contributed by atoms with Crippen LogP contribution in [0.1, 0.15) is 47.5 Å². The number of hydrogen-bond donors (Lipinski definition) is 4. The molecule has 2 bridgehead atoms. The van der Waals surface area contributed by atoms with E-state index < -0.39 is 53.8 Å². The van der Waals surface area contributed by atoms with Crippen molar-refractivity contribution in [2.45, 2.75) is 71.7 Å². The fourth-order valence-corrected chi connectivity index (χ4v) is 5.66. The fourth-order valence-electron chi connectivity index (χ4n) is 3.50. The molecule has 0 aliphatic carbocycles. The second-order valence-corrected chi connectivity index (χ2v) is 11.9. The Morgan fingerprint density at radius 2 is 1.64 bits per heavy atom. The van der Waals surface area contributed by atoms with Crippen LogP contribution in [0.25, 0.3) is 0 Å². The molecule has 2 aliphatic rings. The third kappa shape index (κ3) is 8.88. The van der Waals surface area contributed by atoms with E-state index in [1.54, 1.807) is 40.7 Å². The Hall–Kier alpha value is -2.47. The van der Waals surface area contributed by atoms with E-state index in [0.717, 1.165) is 0 Å². The van der Waals surface area contributed by atoms with E-state index in [-0.39, 0.29) is 29.7 Å². The number of nitrogens with one attached hydrogen (secondary N) is 4. The van der Waals surface area contributed by atoms with Gasteiger partial charge in [-0.05, 0) is 31.3 Å². The first-order valence-corrected chi connectivity index (χ1v) is 14.5. The van der Waals surface area contributed by atoms with Gasteiger partial charge in [-0.15, -0.1) is 0 Å². The van der Waals surface area contributed by atoms with Gasteiger partial charge >= 0.3 is 5.97 Å². The number of amides is 4. The molecule has 1 fully saturated rings. The second-order valence-electron chi connectivity index (χ2n) is 9.24. The highest BCUT2D eigenvalue weighted by Gasteiger charge is 2.33. The Morgan fingerprint density at radius 3 is 2.28 bits per heavy atom. The number of carbonyl (C=O) groups excluding carboxylic acids is 5. The highest BCUT2D eigenvalue weighted by atomic mass is 33.1. The van der Waals surface area contributed by atoms with Crippen molar-refractivity contribution >= 4 is 51.2 Å². The largest absolute Gasteiger partial charge is 0.456 e. The van der Waals surface area contributed by atoms with E-state index in [1.807, 2.05) is 6.08 Å². The number of hydrogen-bond acceptors (Lipinski definition) is 8. The van der Waals surface area contributed by atoms with Crippen molar-refractivity contribution in [2.24, 2.45) is 11.8 Å². The summed E-state index contributed by atoms with van der Waals surface area (Å²) in [5.74, 6) is -2.54. The maximum atomic E-state index is 13.2. The van der Waals surface area contributed by atoms with Crippen molar-refractivity contribution in [1.29, 1.82) is 0 Å². The van der Waals surface area contributed by atoms with Crippen molar-refractivity contribution in [3.8, 4) is 0 Å². The molecule has 4 N–H and O–H groups in total. The third-order valence-corrected chi connectivity index (χ3v) is 8.03. The number of esters is 1. The maximum absolute atomic E-state index is 13.2. The molecule has 2 heterocycles. The predicted octanol–water partition coefficient (Wildman–Crippen LogP) is 1.43. The van der Waals surface area contributed by atoms with Crippen LogP contribution in [-0.4, -0.2) is 65.3 Å². The SMILES string of the molecule is C/C=C1\NC(=O)[C@H]2CSSCCC=C[C@H](CC(=O)NC(C(C)C)C(=O)N2)OC(=O)C(C(C)C)NC1=O. The van der Waals surface area contributed by atoms with E-state index in [1.165, 1.54) is 27.7 Å². The van der Waals surface area contributed by atoms with Gasteiger partial charge in [0.2, 0.25) is 17.7 Å². The molecule has 0 aromatic heterocycles. The fraction of sp³-hybridized carbons (Fsp3) is 0.625. The summed E-state index contributed by atoms with van der Waals surface area (Å²) in [5.41, 5.74) is -0.0445. The van der Waals surface area contributed by atoms with Crippen LogP contribution in [0.2, 0.25) is 0 Å². The summed E-state index contributed by atoms with van der Waals surface area (Å²) in [6, 6.07) is -2.86. The first-order valence-electron chi connectivity index (χ1n) is 12.0. The number of ether oxygens (including phenoxy) is 1. The number of carbonyl (C=O) groups is 5. The molecule has 0 aromatic carbocycles. The van der Waals surface area contributed by atoms with Gasteiger partial charge in [0.05, 0.1) is 6.42 Å². The van der Waals surface area contributed by atoms with Crippen molar-refractivity contribution in [1.82, 2.24) is 21.3 Å². The molecule has 0 saturated carbocycles. The van der Waals surface area contributed by atoms with Gasteiger partial charge in [-0.2, -0.15) is 0 Å². The average Bonchev–Trinajstić information content (AvgIpc) is 2.81. The van der Waals surface area contributed by atoms with Gasteiger partial charge in [0.1, 0.15) is 29.9 Å². The third-order valence-electron chi connectivity index (χ3n) is 5.59. The van der Waals surface area contributed by atoms with Crippen molar-refractivity contribution in [3.05, 3.63) is 23.9 Å². The van der Waals surface area contributed by atoms with E-state index in [9.17, 15) is 24.0 Å². The maximum Gasteiger partial charge on any atom is 0.329 e. The molecule has 4 amide bonds. The highest BCUT2D eigenvalue weighted by molar-refractivity contribution is 8.76. The molecule has 0 spiro atoms. The minimum Gasteiger partial charge on any atom is -0.456 e. The van der Waals surface area contributed by atoms with E-state index in [0.29, 0.717) is 12.2 Å². The quantitative estimate of drug-likeness (QED) is 0.178. The Balaban J connectivity index is 2.55. The molecule has 0 radical (unpaired) electrons. The van der Waals surface area contributed by atoms with Crippen LogP contribution in [0.15, 0.2) is 23.9 Å². The van der Waals surface area contributed by atoms with Crippen LogP contribution in [0.4, 0.5) is 0 Å². The first-order chi connectivity index (χ1) is 17.0. The minimum absolute atomic E-state index is 0.0445. The van der Waals surface area contributed by atoms with Crippen LogP contribution < -0.4 is 21.3 Å². The molecule has 4 atom stereocenters. The van der Waals surface area contributed by atoms with Crippen molar-refractivity contribution in [3.63, 3.8) is 0 Å². The van der Waals surface area contributed by atoms with Gasteiger partial charge in [-0.1, -0.05) is 61.4 Å². The highest BCUT2D eigenvalue weighted by Crippen LogP contribution is 2.24. The van der Waals surface area contributed by atoms with Gasteiger partial charge in [0, 0.05) is 11.5 Å². The monoisotopic (exact) mass is 540 g/mol. The second kappa shape index (κ2) is 14.3. The summed E-state index contributed by atoms with van der Waals surface area (Å²) in [6.45, 7) is 8.66. The Labute approximate surface area is 220 Å². The van der Waals surface area contributed by atoms with Gasteiger partial charge < -0.3 is 26.0 Å². The zero-order valence-electron chi connectivity index (χ0n) is 21.3. The molecule has 1 saturated heterocycles. The summed E-state index contributed by atoms with van der Waals surface area (Å²) in [4.78, 5) is 65.2. The normalized spacial score (nSPS) is 28.8. The molecule has 0 aromatic rings. The Morgan fingerprint density at radius 1 is 0.944 bits per heavy atom. The van der Waals surface area contributed by atoms with E-state index in [2.05, 4.69) is 21.3 Å². The van der Waals surface area contributed by atoms with Crippen LogP contribution in [0.3, 0.4) is 0 Å². The van der Waals surface area contributed by atoms with Gasteiger partial charge in [-0.25, -0.2) is 4.79 Å². The Bertz CT molecular complexity index is 905. The number of allylic oxidation sites excluding steroid dienone is 2. The topological polar surface area (TPSA) is 143 Å². The van der Waals surface area contributed by atoms with E-state index in [4.69, 9.17) is 4.74 Å². The van der Waals surface area contributed by atoms with Crippen LogP contribution >= 0.6 is 21.6 Å². The summed E-state index contributed by atoms with van der Waals surface area (Å²) in [6.07, 6.45) is 4.51. The minimum atomic E-state index is -1.00. The molecular formula is C24H36N4O6S2. The smallest absolute Gasteiger partial charge is 0.329 e. The zero-order valence-corrected chi connectivity index (χ0v) is 22.9. The summed E-state index contributed by atoms with van der Waals surface area (Å²) >= 11 is 0. The predicted molar refractivity (Wildman–Crippen MR) is 141 cm³/mol. The standard InChI is InChI=1S/C24H36N4O6S2/c1-6-16-21(30)28-20(14(4)5)24(33)34-15-9-7-8-10-35-36-12-17(22(31)25-16)26-23(32)19(13(2)3)27-18(29)11-15/h6-7,9,13-15,17,19-20H,8,10-12H2,1-5H3,(H,25,31)(H,26,32)(H,27,29)(H,28,30)/b9-7?,16-6-/t15-,17-,19?,20?/m1/s1. The summed E-state index contributed by atoms with van der Waals surface area (Å²) in [5, 5.41) is 10.7. The van der Waals surface area contributed by atoms with E-state index >= 15 is 0 Å². The lowest BCUT2D eigenvalue weighted by atomic mass is 10.0. The average molecular weight is 541 g/mol. The molecule has 2 unspecified atom stereocenters. The van der Waals surface area contributed by atoms with Gasteiger partial charge in [0.25, 0.3) is 5.91 Å². The van der Waals surface area contributed by atoms with Gasteiger partial charge in [-0.3, -0.25) is 19.2 Å². The lowest BCUT2D eigenvalue weighted by Crippen LogP contribution is -2.57. The van der Waals surface area contributed by atoms with Crippen LogP contribution in [-0.2, 0) is 28.7 Å². The molecule has 200 valence electrons. The molecule has 2 rings (SSSR count). The molecule has 2 aliphatic heterocycles. The van der Waals surface area contributed by atoms with Crippen LogP contribution in [0, 0.1) is 11.8 Å². The molecule has 10 nitrogen and oxygen atoms in total. The summed E-state index contributed by atoms with van der Waals surface area (Å²) < 4.78 is 5.65. The summed E-state index contributed by atoms with van der Waals surface area (Å²) in [7, 11) is 2.95. The molecule has 12 heteroatoms. The Kier molecular flexibility index (Phi) is 11.8. The molecule has 36 heavy (non-hydrogen) atoms. The van der Waals surface area contributed by atoms with Crippen molar-refractivity contribution < 1.29 is 28.7 Å². The molecular weight excluding hydrogens is 504 g/mol. The number of rotatable bonds is 2. The van der Waals surface area contributed by atoms with Crippen molar-refractivity contribution in [2.75, 3.05) is 11.5 Å². The van der Waals surface area contributed by atoms with Gasteiger partial charge in [0.15, 0.2) is 0 Å². The van der Waals surface area contributed by atoms with Crippen LogP contribution in [0.5, 0.6) is 0 Å². The lowest BCUT2D eigenvalue weighted by molar-refractivity contribution is -0.153.